The zero-order valence-corrected chi connectivity index (χ0v) is 18.1. The van der Waals surface area contributed by atoms with Gasteiger partial charge in [-0.3, -0.25) is 9.59 Å². The average molecular weight is 422 g/mol. The molecule has 0 aliphatic carbocycles. The predicted molar refractivity (Wildman–Crippen MR) is 111 cm³/mol. The number of piperidine rings is 1. The van der Waals surface area contributed by atoms with E-state index in [2.05, 4.69) is 5.32 Å². The highest BCUT2D eigenvalue weighted by molar-refractivity contribution is 7.89. The van der Waals surface area contributed by atoms with Gasteiger partial charge in [-0.05, 0) is 62.8 Å². The van der Waals surface area contributed by atoms with Gasteiger partial charge in [-0.25, -0.2) is 8.42 Å². The van der Waals surface area contributed by atoms with Crippen LogP contribution < -0.4 is 5.32 Å². The number of sulfonamides is 1. The molecule has 2 saturated heterocycles. The molecule has 0 radical (unpaired) electrons. The van der Waals surface area contributed by atoms with Gasteiger partial charge in [-0.2, -0.15) is 4.31 Å². The third-order valence-electron chi connectivity index (χ3n) is 6.04. The van der Waals surface area contributed by atoms with E-state index in [0.717, 1.165) is 37.1 Å². The maximum Gasteiger partial charge on any atom is 0.243 e. The summed E-state index contributed by atoms with van der Waals surface area (Å²) in [5, 5.41) is 2.85. The van der Waals surface area contributed by atoms with Crippen molar-refractivity contribution in [2.45, 2.75) is 50.8 Å². The first-order valence-electron chi connectivity index (χ1n) is 10.4. The zero-order chi connectivity index (χ0) is 21.0. The Hall–Kier alpha value is -1.93. The lowest BCUT2D eigenvalue weighted by atomic mass is 9.97. The highest BCUT2D eigenvalue weighted by atomic mass is 32.2. The van der Waals surface area contributed by atoms with E-state index < -0.39 is 10.0 Å². The molecule has 0 bridgehead atoms. The maximum absolute atomic E-state index is 12.9. The van der Waals surface area contributed by atoms with Gasteiger partial charge in [0.1, 0.15) is 0 Å². The fourth-order valence-corrected chi connectivity index (χ4v) is 5.50. The molecule has 2 fully saturated rings. The van der Waals surface area contributed by atoms with Crippen molar-refractivity contribution in [1.82, 2.24) is 14.5 Å². The van der Waals surface area contributed by atoms with E-state index in [1.807, 2.05) is 24.8 Å². The second-order valence-corrected chi connectivity index (χ2v) is 9.99. The molecular formula is C21H31N3O4S. The zero-order valence-electron chi connectivity index (χ0n) is 17.3. The monoisotopic (exact) mass is 421 g/mol. The van der Waals surface area contributed by atoms with E-state index in [4.69, 9.17) is 0 Å². The van der Waals surface area contributed by atoms with Crippen molar-refractivity contribution < 1.29 is 18.0 Å². The lowest BCUT2D eigenvalue weighted by Gasteiger charge is -2.30. The Balaban J connectivity index is 1.47. The van der Waals surface area contributed by atoms with E-state index in [9.17, 15) is 18.0 Å². The minimum absolute atomic E-state index is 0.0811. The van der Waals surface area contributed by atoms with Crippen LogP contribution in [0, 0.1) is 19.8 Å². The molecule has 1 aromatic carbocycles. The van der Waals surface area contributed by atoms with Gasteiger partial charge >= 0.3 is 0 Å². The molecule has 160 valence electrons. The molecule has 2 amide bonds. The number of rotatable bonds is 6. The van der Waals surface area contributed by atoms with E-state index in [-0.39, 0.29) is 17.7 Å². The van der Waals surface area contributed by atoms with Crippen LogP contribution in [-0.2, 0) is 19.6 Å². The summed E-state index contributed by atoms with van der Waals surface area (Å²) in [4.78, 5) is 26.6. The van der Waals surface area contributed by atoms with Crippen molar-refractivity contribution in [3.8, 4) is 0 Å². The fraction of sp³-hybridized carbons (Fsp3) is 0.619. The molecule has 8 heteroatoms. The lowest BCUT2D eigenvalue weighted by molar-refractivity contribution is -0.130. The van der Waals surface area contributed by atoms with Crippen molar-refractivity contribution >= 4 is 21.8 Å². The number of carbonyl (C=O) groups excluding carboxylic acids is 2. The molecule has 2 aliphatic rings. The van der Waals surface area contributed by atoms with Gasteiger partial charge in [-0.15, -0.1) is 0 Å². The van der Waals surface area contributed by atoms with E-state index in [0.29, 0.717) is 43.8 Å². The SMILES string of the molecule is Cc1ccc(S(=O)(=O)N2CCC(C(=O)NCCC(=O)N3CCCC3)CC2)cc1C. The Bertz CT molecular complexity index is 855. The Labute approximate surface area is 173 Å². The summed E-state index contributed by atoms with van der Waals surface area (Å²) in [5.74, 6) is -0.192. The molecule has 0 spiro atoms. The van der Waals surface area contributed by atoms with E-state index in [1.54, 1.807) is 12.1 Å². The summed E-state index contributed by atoms with van der Waals surface area (Å²) in [5.41, 5.74) is 2.01. The van der Waals surface area contributed by atoms with Crippen molar-refractivity contribution in [2.24, 2.45) is 5.92 Å². The third kappa shape index (κ3) is 5.17. The molecule has 29 heavy (non-hydrogen) atoms. The van der Waals surface area contributed by atoms with Crippen LogP contribution in [0.15, 0.2) is 23.1 Å². The van der Waals surface area contributed by atoms with E-state index in [1.165, 1.54) is 4.31 Å². The van der Waals surface area contributed by atoms with Crippen LogP contribution in [0.4, 0.5) is 0 Å². The Morgan fingerprint density at radius 2 is 1.69 bits per heavy atom. The summed E-state index contributed by atoms with van der Waals surface area (Å²) in [6.07, 6.45) is 3.43. The number of amides is 2. The van der Waals surface area contributed by atoms with Crippen LogP contribution in [0.5, 0.6) is 0 Å². The van der Waals surface area contributed by atoms with E-state index >= 15 is 0 Å². The van der Waals surface area contributed by atoms with Crippen molar-refractivity contribution in [1.29, 1.82) is 0 Å². The Morgan fingerprint density at radius 3 is 2.31 bits per heavy atom. The second-order valence-electron chi connectivity index (χ2n) is 8.05. The van der Waals surface area contributed by atoms with Gasteiger partial charge in [0, 0.05) is 45.1 Å². The lowest BCUT2D eigenvalue weighted by Crippen LogP contribution is -2.43. The molecule has 2 aliphatic heterocycles. The van der Waals surface area contributed by atoms with Gasteiger partial charge < -0.3 is 10.2 Å². The number of hydrogen-bond acceptors (Lipinski definition) is 4. The highest BCUT2D eigenvalue weighted by Crippen LogP contribution is 2.25. The first kappa shape index (κ1) is 21.8. The average Bonchev–Trinajstić information content (AvgIpc) is 3.25. The number of nitrogens with one attached hydrogen (secondary N) is 1. The molecule has 0 saturated carbocycles. The third-order valence-corrected chi connectivity index (χ3v) is 7.93. The van der Waals surface area contributed by atoms with Crippen LogP contribution >= 0.6 is 0 Å². The first-order valence-corrected chi connectivity index (χ1v) is 11.9. The molecule has 0 unspecified atom stereocenters. The number of nitrogens with zero attached hydrogens (tertiary/aromatic N) is 2. The Morgan fingerprint density at radius 1 is 1.03 bits per heavy atom. The van der Waals surface area contributed by atoms with Crippen LogP contribution in [0.25, 0.3) is 0 Å². The first-order chi connectivity index (χ1) is 13.8. The molecule has 3 rings (SSSR count). The van der Waals surface area contributed by atoms with Crippen molar-refractivity contribution in [2.75, 3.05) is 32.7 Å². The van der Waals surface area contributed by atoms with Crippen LogP contribution in [0.1, 0.15) is 43.2 Å². The largest absolute Gasteiger partial charge is 0.355 e. The number of aryl methyl sites for hydroxylation is 2. The molecule has 7 nitrogen and oxygen atoms in total. The number of likely N-dealkylation sites (tertiary alicyclic amines) is 1. The number of benzene rings is 1. The second kappa shape index (κ2) is 9.26. The van der Waals surface area contributed by atoms with Crippen molar-refractivity contribution in [3.63, 3.8) is 0 Å². The summed E-state index contributed by atoms with van der Waals surface area (Å²) >= 11 is 0. The van der Waals surface area contributed by atoms with Gasteiger partial charge in [0.25, 0.3) is 0 Å². The van der Waals surface area contributed by atoms with Crippen LogP contribution in [0.3, 0.4) is 0 Å². The van der Waals surface area contributed by atoms with Crippen LogP contribution in [0.2, 0.25) is 0 Å². The predicted octanol–water partition coefficient (Wildman–Crippen LogP) is 1.83. The summed E-state index contributed by atoms with van der Waals surface area (Å²) in [6, 6.07) is 5.18. The van der Waals surface area contributed by atoms with Gasteiger partial charge in [0.2, 0.25) is 21.8 Å². The molecule has 1 N–H and O–H groups in total. The normalized spacial score (nSPS) is 18.8. The maximum atomic E-state index is 12.9. The fourth-order valence-electron chi connectivity index (χ4n) is 3.94. The summed E-state index contributed by atoms with van der Waals surface area (Å²) < 4.78 is 27.2. The van der Waals surface area contributed by atoms with Gasteiger partial charge in [0.15, 0.2) is 0 Å². The summed E-state index contributed by atoms with van der Waals surface area (Å²) in [6.45, 7) is 6.50. The van der Waals surface area contributed by atoms with Crippen LogP contribution in [-0.4, -0.2) is 62.2 Å². The Kier molecular flexibility index (Phi) is 6.95. The minimum atomic E-state index is -3.54. The number of carbonyl (C=O) groups is 2. The highest BCUT2D eigenvalue weighted by Gasteiger charge is 2.32. The smallest absolute Gasteiger partial charge is 0.243 e. The summed E-state index contributed by atoms with van der Waals surface area (Å²) in [7, 11) is -3.54. The molecule has 1 aromatic rings. The quantitative estimate of drug-likeness (QED) is 0.759. The van der Waals surface area contributed by atoms with Crippen molar-refractivity contribution in [3.05, 3.63) is 29.3 Å². The topological polar surface area (TPSA) is 86.8 Å². The molecule has 0 atom stereocenters. The molecule has 2 heterocycles. The standard InChI is InChI=1S/C21H31N3O4S/c1-16-5-6-19(15-17(16)2)29(27,28)24-13-8-18(9-14-24)21(26)22-10-7-20(25)23-11-3-4-12-23/h5-6,15,18H,3-4,7-14H2,1-2H3,(H,22,26). The minimum Gasteiger partial charge on any atom is -0.355 e. The van der Waals surface area contributed by atoms with Gasteiger partial charge in [0.05, 0.1) is 4.90 Å². The molecule has 0 aromatic heterocycles. The van der Waals surface area contributed by atoms with Gasteiger partial charge in [-0.1, -0.05) is 6.07 Å². The molecular weight excluding hydrogens is 390 g/mol. The number of hydrogen-bond donors (Lipinski definition) is 1.